The maximum Gasteiger partial charge on any atom is 0.337 e. The molecule has 0 aromatic heterocycles. The number of likely N-dealkylation sites (N-methyl/N-ethyl adjacent to an activating group) is 1. The van der Waals surface area contributed by atoms with Crippen LogP contribution in [0, 0.1) is 0 Å². The maximum absolute atomic E-state index is 12.9. The molecular weight excluding hydrogens is 458 g/mol. The van der Waals surface area contributed by atoms with E-state index in [1.807, 2.05) is 6.07 Å². The molecule has 2 aromatic rings. The largest absolute Gasteiger partial charge is 0.465 e. The standard InChI is InChI=1S/C21H23BrClN3O3/c1-3-25-8-10-26(11-9-25)19-7-4-14(21(28)29-2)12-18(19)24-20(27)16-13-15(22)5-6-17(16)23/h4-7,12-13H,3,8-11H2,1-2H3,(H,24,27). The van der Waals surface area contributed by atoms with E-state index in [9.17, 15) is 9.59 Å². The Labute approximate surface area is 183 Å². The van der Waals surface area contributed by atoms with Gasteiger partial charge in [0.1, 0.15) is 0 Å². The average Bonchev–Trinajstić information content (AvgIpc) is 2.74. The van der Waals surface area contributed by atoms with E-state index in [4.69, 9.17) is 16.3 Å². The smallest absolute Gasteiger partial charge is 0.337 e. The van der Waals surface area contributed by atoms with Crippen LogP contribution in [0.2, 0.25) is 5.02 Å². The fourth-order valence-corrected chi connectivity index (χ4v) is 3.89. The highest BCUT2D eigenvalue weighted by atomic mass is 79.9. The summed E-state index contributed by atoms with van der Waals surface area (Å²) in [5, 5.41) is 3.28. The predicted octanol–water partition coefficient (Wildman–Crippen LogP) is 4.28. The lowest BCUT2D eigenvalue weighted by molar-refractivity contribution is 0.0600. The molecule has 1 aliphatic rings. The quantitative estimate of drug-likeness (QED) is 0.647. The second-order valence-corrected chi connectivity index (χ2v) is 8.05. The number of nitrogens with one attached hydrogen (secondary N) is 1. The maximum atomic E-state index is 12.9. The molecule has 3 rings (SSSR count). The van der Waals surface area contributed by atoms with Gasteiger partial charge in [0, 0.05) is 30.7 Å². The lowest BCUT2D eigenvalue weighted by Crippen LogP contribution is -2.46. The Morgan fingerprint density at radius 3 is 2.52 bits per heavy atom. The zero-order chi connectivity index (χ0) is 21.0. The van der Waals surface area contributed by atoms with Crippen molar-refractivity contribution < 1.29 is 14.3 Å². The molecule has 0 spiro atoms. The van der Waals surface area contributed by atoms with Crippen molar-refractivity contribution in [3.8, 4) is 0 Å². The molecule has 0 saturated carbocycles. The first-order chi connectivity index (χ1) is 13.9. The molecule has 0 atom stereocenters. The van der Waals surface area contributed by atoms with Crippen LogP contribution in [-0.2, 0) is 4.74 Å². The van der Waals surface area contributed by atoms with Gasteiger partial charge in [-0.05, 0) is 42.9 Å². The molecule has 0 radical (unpaired) electrons. The lowest BCUT2D eigenvalue weighted by Gasteiger charge is -2.36. The third-order valence-corrected chi connectivity index (χ3v) is 5.82. The molecule has 1 heterocycles. The van der Waals surface area contributed by atoms with Gasteiger partial charge in [-0.25, -0.2) is 4.79 Å². The Kier molecular flexibility index (Phi) is 7.16. The van der Waals surface area contributed by atoms with Crippen LogP contribution in [0.3, 0.4) is 0 Å². The number of hydrogen-bond donors (Lipinski definition) is 1. The molecule has 154 valence electrons. The third kappa shape index (κ3) is 5.10. The van der Waals surface area contributed by atoms with Gasteiger partial charge in [-0.3, -0.25) is 4.79 Å². The van der Waals surface area contributed by atoms with Gasteiger partial charge in [-0.1, -0.05) is 34.5 Å². The third-order valence-electron chi connectivity index (χ3n) is 5.00. The first-order valence-corrected chi connectivity index (χ1v) is 10.6. The normalized spacial score (nSPS) is 14.6. The Morgan fingerprint density at radius 1 is 1.14 bits per heavy atom. The first kappa shape index (κ1) is 21.6. The summed E-state index contributed by atoms with van der Waals surface area (Å²) in [7, 11) is 1.33. The SMILES string of the molecule is CCN1CCN(c2ccc(C(=O)OC)cc2NC(=O)c2cc(Br)ccc2Cl)CC1. The number of carbonyl (C=O) groups is 2. The van der Waals surface area contributed by atoms with E-state index in [0.717, 1.165) is 42.9 Å². The predicted molar refractivity (Wildman–Crippen MR) is 119 cm³/mol. The van der Waals surface area contributed by atoms with Crippen LogP contribution in [0.4, 0.5) is 11.4 Å². The summed E-state index contributed by atoms with van der Waals surface area (Å²) in [6.07, 6.45) is 0. The van der Waals surface area contributed by atoms with Gasteiger partial charge >= 0.3 is 5.97 Å². The minimum absolute atomic E-state index is 0.341. The van der Waals surface area contributed by atoms with Crippen molar-refractivity contribution in [1.82, 2.24) is 4.90 Å². The van der Waals surface area contributed by atoms with Crippen molar-refractivity contribution in [1.29, 1.82) is 0 Å². The van der Waals surface area contributed by atoms with Gasteiger partial charge in [0.25, 0.3) is 5.91 Å². The summed E-state index contributed by atoms with van der Waals surface area (Å²) in [6.45, 7) is 6.73. The van der Waals surface area contributed by atoms with Crippen LogP contribution in [-0.4, -0.2) is 56.6 Å². The molecule has 1 saturated heterocycles. The number of halogens is 2. The van der Waals surface area contributed by atoms with Crippen LogP contribution < -0.4 is 10.2 Å². The van der Waals surface area contributed by atoms with Crippen molar-refractivity contribution in [3.63, 3.8) is 0 Å². The molecule has 0 unspecified atom stereocenters. The van der Waals surface area contributed by atoms with Gasteiger partial charge in [0.2, 0.25) is 0 Å². The Morgan fingerprint density at radius 2 is 1.86 bits per heavy atom. The van der Waals surface area contributed by atoms with Crippen molar-refractivity contribution in [2.45, 2.75) is 6.92 Å². The fourth-order valence-electron chi connectivity index (χ4n) is 3.32. The van der Waals surface area contributed by atoms with E-state index in [0.29, 0.717) is 21.8 Å². The van der Waals surface area contributed by atoms with Gasteiger partial charge < -0.3 is 19.9 Å². The summed E-state index contributed by atoms with van der Waals surface area (Å²) in [4.78, 5) is 29.5. The minimum atomic E-state index is -0.455. The summed E-state index contributed by atoms with van der Waals surface area (Å²) >= 11 is 9.58. The average molecular weight is 481 g/mol. The van der Waals surface area contributed by atoms with E-state index in [2.05, 4.69) is 38.0 Å². The lowest BCUT2D eigenvalue weighted by atomic mass is 10.1. The highest BCUT2D eigenvalue weighted by Gasteiger charge is 2.21. The number of carbonyl (C=O) groups excluding carboxylic acids is 2. The molecule has 0 bridgehead atoms. The Hall–Kier alpha value is -2.09. The highest BCUT2D eigenvalue weighted by Crippen LogP contribution is 2.30. The van der Waals surface area contributed by atoms with Crippen LogP contribution >= 0.6 is 27.5 Å². The number of nitrogens with zero attached hydrogens (tertiary/aromatic N) is 2. The number of anilines is 2. The highest BCUT2D eigenvalue weighted by molar-refractivity contribution is 9.10. The molecule has 1 N–H and O–H groups in total. The fraction of sp³-hybridized carbons (Fsp3) is 0.333. The van der Waals surface area contributed by atoms with Crippen LogP contribution in [0.25, 0.3) is 0 Å². The van der Waals surface area contributed by atoms with Gasteiger partial charge in [-0.15, -0.1) is 0 Å². The van der Waals surface area contributed by atoms with Crippen molar-refractivity contribution >= 4 is 50.8 Å². The monoisotopic (exact) mass is 479 g/mol. The minimum Gasteiger partial charge on any atom is -0.465 e. The first-order valence-electron chi connectivity index (χ1n) is 9.39. The van der Waals surface area contributed by atoms with Crippen LogP contribution in [0.5, 0.6) is 0 Å². The second kappa shape index (κ2) is 9.61. The number of methoxy groups -OCH3 is 1. The number of esters is 1. The second-order valence-electron chi connectivity index (χ2n) is 6.72. The van der Waals surface area contributed by atoms with E-state index >= 15 is 0 Å². The molecule has 1 fully saturated rings. The van der Waals surface area contributed by atoms with E-state index in [1.54, 1.807) is 30.3 Å². The van der Waals surface area contributed by atoms with Crippen molar-refractivity contribution in [2.75, 3.05) is 50.1 Å². The molecule has 1 aliphatic heterocycles. The zero-order valence-electron chi connectivity index (χ0n) is 16.4. The zero-order valence-corrected chi connectivity index (χ0v) is 18.7. The van der Waals surface area contributed by atoms with Gasteiger partial charge in [-0.2, -0.15) is 0 Å². The molecule has 0 aliphatic carbocycles. The van der Waals surface area contributed by atoms with E-state index in [-0.39, 0.29) is 5.91 Å². The molecule has 6 nitrogen and oxygen atoms in total. The number of amides is 1. The summed E-state index contributed by atoms with van der Waals surface area (Å²) in [6, 6.07) is 10.3. The van der Waals surface area contributed by atoms with E-state index < -0.39 is 5.97 Å². The Bertz CT molecular complexity index is 914. The molecule has 1 amide bonds. The van der Waals surface area contributed by atoms with E-state index in [1.165, 1.54) is 7.11 Å². The number of ether oxygens (including phenoxy) is 1. The Balaban J connectivity index is 1.92. The topological polar surface area (TPSA) is 61.9 Å². The molecule has 8 heteroatoms. The number of benzene rings is 2. The molecule has 2 aromatic carbocycles. The summed E-state index contributed by atoms with van der Waals surface area (Å²) < 4.78 is 5.59. The van der Waals surface area contributed by atoms with Crippen LogP contribution in [0.1, 0.15) is 27.6 Å². The molecule has 29 heavy (non-hydrogen) atoms. The number of piperazine rings is 1. The molecular formula is C21H23BrClN3O3. The van der Waals surface area contributed by atoms with Gasteiger partial charge in [0.15, 0.2) is 0 Å². The number of rotatable bonds is 5. The van der Waals surface area contributed by atoms with Crippen molar-refractivity contribution in [2.24, 2.45) is 0 Å². The number of hydrogen-bond acceptors (Lipinski definition) is 5. The van der Waals surface area contributed by atoms with Crippen LogP contribution in [0.15, 0.2) is 40.9 Å². The van der Waals surface area contributed by atoms with Crippen molar-refractivity contribution in [3.05, 3.63) is 57.0 Å². The van der Waals surface area contributed by atoms with Gasteiger partial charge in [0.05, 0.1) is 34.6 Å². The summed E-state index contributed by atoms with van der Waals surface area (Å²) in [5.74, 6) is -0.796. The summed E-state index contributed by atoms with van der Waals surface area (Å²) in [5.41, 5.74) is 2.15.